The highest BCUT2D eigenvalue weighted by molar-refractivity contribution is 6.32. The number of benzene rings is 1. The van der Waals surface area contributed by atoms with Crippen molar-refractivity contribution in [2.45, 2.75) is 18.7 Å². The molecule has 106 valence electrons. The molecule has 1 N–H and O–H groups in total. The number of ether oxygens (including phenoxy) is 1. The minimum Gasteiger partial charge on any atom is -0.491 e. The number of nitro benzene ring substituents is 1. The number of hydrogen-bond acceptors (Lipinski definition) is 4. The Labute approximate surface area is 110 Å². The first-order chi connectivity index (χ1) is 8.69. The number of halogens is 4. The normalized spacial score (nSPS) is 13.1. The summed E-state index contributed by atoms with van der Waals surface area (Å²) < 4.78 is 40.7. The van der Waals surface area contributed by atoms with E-state index in [0.717, 1.165) is 12.1 Å². The monoisotopic (exact) mass is 299 g/mol. The van der Waals surface area contributed by atoms with Gasteiger partial charge in [-0.05, 0) is 6.07 Å². The zero-order valence-corrected chi connectivity index (χ0v) is 10.1. The van der Waals surface area contributed by atoms with Crippen molar-refractivity contribution in [1.82, 2.24) is 0 Å². The van der Waals surface area contributed by atoms with E-state index in [1.165, 1.54) is 6.07 Å². The Bertz CT molecular complexity index is 467. The standard InChI is InChI=1S/C10H9ClF3NO4/c11-8-3-7(1-2-9(8)15(17)18)19-5-6(16)4-10(12,13)14/h1-3,6,16H,4-5H2/t6-/m0/s1. The van der Waals surface area contributed by atoms with Gasteiger partial charge in [-0.15, -0.1) is 0 Å². The second-order valence-corrected chi connectivity index (χ2v) is 4.06. The van der Waals surface area contributed by atoms with Crippen LogP contribution < -0.4 is 4.74 Å². The van der Waals surface area contributed by atoms with Crippen LogP contribution in [0.4, 0.5) is 18.9 Å². The maximum atomic E-state index is 11.9. The van der Waals surface area contributed by atoms with Gasteiger partial charge in [-0.3, -0.25) is 10.1 Å². The molecule has 1 aromatic rings. The summed E-state index contributed by atoms with van der Waals surface area (Å²) in [5.74, 6) is 0.0387. The Morgan fingerprint density at radius 1 is 1.47 bits per heavy atom. The van der Waals surface area contributed by atoms with E-state index in [1.807, 2.05) is 0 Å². The molecular weight excluding hydrogens is 291 g/mol. The molecule has 0 bridgehead atoms. The summed E-state index contributed by atoms with van der Waals surface area (Å²) in [5.41, 5.74) is -0.343. The van der Waals surface area contributed by atoms with E-state index in [1.54, 1.807) is 0 Å². The van der Waals surface area contributed by atoms with Crippen LogP contribution in [0.2, 0.25) is 5.02 Å². The summed E-state index contributed by atoms with van der Waals surface area (Å²) in [4.78, 5) is 9.77. The van der Waals surface area contributed by atoms with Gasteiger partial charge in [-0.25, -0.2) is 0 Å². The van der Waals surface area contributed by atoms with Crippen LogP contribution in [-0.4, -0.2) is 28.9 Å². The van der Waals surface area contributed by atoms with Gasteiger partial charge in [0.15, 0.2) is 0 Å². The maximum absolute atomic E-state index is 11.9. The average Bonchev–Trinajstić information content (AvgIpc) is 2.23. The van der Waals surface area contributed by atoms with Crippen molar-refractivity contribution < 1.29 is 27.9 Å². The van der Waals surface area contributed by atoms with Crippen molar-refractivity contribution in [2.24, 2.45) is 0 Å². The second-order valence-electron chi connectivity index (χ2n) is 3.65. The highest BCUT2D eigenvalue weighted by Crippen LogP contribution is 2.28. The number of alkyl halides is 3. The molecule has 1 atom stereocenters. The van der Waals surface area contributed by atoms with E-state index in [0.29, 0.717) is 0 Å². The lowest BCUT2D eigenvalue weighted by molar-refractivity contribution is -0.384. The molecule has 0 heterocycles. The number of nitro groups is 1. The third-order valence-corrected chi connectivity index (χ3v) is 2.33. The molecule has 0 radical (unpaired) electrons. The largest absolute Gasteiger partial charge is 0.491 e. The summed E-state index contributed by atoms with van der Waals surface area (Å²) in [6.07, 6.45) is -7.60. The Kier molecular flexibility index (Phi) is 4.96. The zero-order chi connectivity index (χ0) is 14.6. The van der Waals surface area contributed by atoms with Gasteiger partial charge >= 0.3 is 6.18 Å². The first kappa shape index (κ1) is 15.5. The SMILES string of the molecule is O=[N+]([O-])c1ccc(OC[C@@H](O)CC(F)(F)F)cc1Cl. The van der Waals surface area contributed by atoms with Crippen molar-refractivity contribution in [3.63, 3.8) is 0 Å². The highest BCUT2D eigenvalue weighted by atomic mass is 35.5. The van der Waals surface area contributed by atoms with Crippen LogP contribution in [0.3, 0.4) is 0 Å². The third kappa shape index (κ3) is 5.31. The Morgan fingerprint density at radius 2 is 2.11 bits per heavy atom. The lowest BCUT2D eigenvalue weighted by atomic mass is 10.2. The van der Waals surface area contributed by atoms with Crippen molar-refractivity contribution in [3.8, 4) is 5.75 Å². The summed E-state index contributed by atoms with van der Waals surface area (Å²) >= 11 is 5.58. The van der Waals surface area contributed by atoms with Gasteiger partial charge in [0.25, 0.3) is 5.69 Å². The molecule has 1 aromatic carbocycles. The van der Waals surface area contributed by atoms with E-state index in [9.17, 15) is 23.3 Å². The van der Waals surface area contributed by atoms with Crippen LogP contribution >= 0.6 is 11.6 Å². The van der Waals surface area contributed by atoms with Crippen molar-refractivity contribution in [3.05, 3.63) is 33.3 Å². The molecule has 0 aliphatic rings. The lowest BCUT2D eigenvalue weighted by Crippen LogP contribution is -2.25. The Balaban J connectivity index is 2.59. The van der Waals surface area contributed by atoms with Crippen LogP contribution in [0.25, 0.3) is 0 Å². The fourth-order valence-electron chi connectivity index (χ4n) is 1.24. The number of hydrogen-bond donors (Lipinski definition) is 1. The van der Waals surface area contributed by atoms with Crippen molar-refractivity contribution in [1.29, 1.82) is 0 Å². The smallest absolute Gasteiger partial charge is 0.391 e. The van der Waals surface area contributed by atoms with E-state index in [2.05, 4.69) is 0 Å². The van der Waals surface area contributed by atoms with Gasteiger partial charge in [0.1, 0.15) is 17.4 Å². The van der Waals surface area contributed by atoms with E-state index in [4.69, 9.17) is 21.4 Å². The summed E-state index contributed by atoms with van der Waals surface area (Å²) in [5, 5.41) is 19.3. The highest BCUT2D eigenvalue weighted by Gasteiger charge is 2.31. The third-order valence-electron chi connectivity index (χ3n) is 2.03. The lowest BCUT2D eigenvalue weighted by Gasteiger charge is -2.14. The van der Waals surface area contributed by atoms with Crippen molar-refractivity contribution in [2.75, 3.05) is 6.61 Å². The molecule has 1 rings (SSSR count). The molecule has 9 heteroatoms. The Morgan fingerprint density at radius 3 is 2.58 bits per heavy atom. The first-order valence-electron chi connectivity index (χ1n) is 5.00. The molecular formula is C10H9ClF3NO4. The second kappa shape index (κ2) is 6.07. The fourth-order valence-corrected chi connectivity index (χ4v) is 1.48. The predicted molar refractivity (Wildman–Crippen MR) is 60.3 cm³/mol. The number of nitrogens with zero attached hydrogens (tertiary/aromatic N) is 1. The molecule has 0 amide bonds. The average molecular weight is 300 g/mol. The molecule has 5 nitrogen and oxygen atoms in total. The van der Waals surface area contributed by atoms with Crippen LogP contribution in [0.5, 0.6) is 5.75 Å². The number of aliphatic hydroxyl groups is 1. The van der Waals surface area contributed by atoms with Crippen molar-refractivity contribution >= 4 is 17.3 Å². The molecule has 0 aliphatic heterocycles. The number of aliphatic hydroxyl groups excluding tert-OH is 1. The van der Waals surface area contributed by atoms with Crippen LogP contribution in [0.1, 0.15) is 6.42 Å². The molecule has 0 saturated carbocycles. The molecule has 0 fully saturated rings. The van der Waals surface area contributed by atoms with Gasteiger partial charge in [0.2, 0.25) is 0 Å². The van der Waals surface area contributed by atoms with Crippen LogP contribution in [0, 0.1) is 10.1 Å². The quantitative estimate of drug-likeness (QED) is 0.670. The molecule has 0 aromatic heterocycles. The zero-order valence-electron chi connectivity index (χ0n) is 9.35. The maximum Gasteiger partial charge on any atom is 0.391 e. The molecule has 0 unspecified atom stereocenters. The van der Waals surface area contributed by atoms with Crippen LogP contribution in [-0.2, 0) is 0 Å². The topological polar surface area (TPSA) is 72.6 Å². The van der Waals surface area contributed by atoms with Gasteiger partial charge in [0, 0.05) is 12.1 Å². The molecule has 0 spiro atoms. The number of rotatable bonds is 5. The molecule has 19 heavy (non-hydrogen) atoms. The first-order valence-corrected chi connectivity index (χ1v) is 5.38. The van der Waals surface area contributed by atoms with Gasteiger partial charge in [-0.2, -0.15) is 13.2 Å². The summed E-state index contributed by atoms with van der Waals surface area (Å²) in [6, 6.07) is 3.35. The molecule has 0 saturated heterocycles. The van der Waals surface area contributed by atoms with E-state index in [-0.39, 0.29) is 16.5 Å². The minimum absolute atomic E-state index is 0.0387. The van der Waals surface area contributed by atoms with Gasteiger partial charge in [-0.1, -0.05) is 11.6 Å². The fraction of sp³-hybridized carbons (Fsp3) is 0.400. The summed E-state index contributed by atoms with van der Waals surface area (Å²) in [6.45, 7) is -0.590. The van der Waals surface area contributed by atoms with Crippen LogP contribution in [0.15, 0.2) is 18.2 Å². The minimum atomic E-state index is -4.49. The van der Waals surface area contributed by atoms with E-state index >= 15 is 0 Å². The van der Waals surface area contributed by atoms with Gasteiger partial charge < -0.3 is 9.84 Å². The summed E-state index contributed by atoms with van der Waals surface area (Å²) in [7, 11) is 0. The molecule has 0 aliphatic carbocycles. The van der Waals surface area contributed by atoms with Gasteiger partial charge in [0.05, 0.1) is 17.4 Å². The Hall–Kier alpha value is -1.54. The van der Waals surface area contributed by atoms with E-state index < -0.39 is 30.2 Å². The predicted octanol–water partition coefficient (Wildman–Crippen LogP) is 2.94.